The summed E-state index contributed by atoms with van der Waals surface area (Å²) in [4.78, 5) is 24.5. The van der Waals surface area contributed by atoms with Gasteiger partial charge in [-0.25, -0.2) is 14.5 Å². The van der Waals surface area contributed by atoms with Crippen LogP contribution in [0, 0.1) is 21.4 Å². The second-order valence-electron chi connectivity index (χ2n) is 3.39. The summed E-state index contributed by atoms with van der Waals surface area (Å²) in [6.07, 6.45) is 2.21. The third-order valence-electron chi connectivity index (χ3n) is 2.21. The third-order valence-corrected chi connectivity index (χ3v) is 2.21. The van der Waals surface area contributed by atoms with Crippen LogP contribution in [-0.2, 0) is 0 Å². The maximum atomic E-state index is 10.8. The molecule has 0 radical (unpaired) electrons. The number of hydrogen-bond donors (Lipinski definition) is 1. The lowest BCUT2D eigenvalue weighted by Crippen LogP contribution is -2.03. The quantitative estimate of drug-likeness (QED) is 0.634. The van der Waals surface area contributed by atoms with Crippen LogP contribution < -0.4 is 0 Å². The van der Waals surface area contributed by atoms with E-state index in [2.05, 4.69) is 10.1 Å². The van der Waals surface area contributed by atoms with Gasteiger partial charge in [-0.05, 0) is 12.1 Å². The highest BCUT2D eigenvalue weighted by atomic mass is 16.6. The van der Waals surface area contributed by atoms with E-state index in [1.807, 2.05) is 6.07 Å². The number of aromatic nitrogens is 3. The van der Waals surface area contributed by atoms with E-state index in [1.165, 1.54) is 18.3 Å². The number of carboxylic acids is 1. The molecule has 2 rings (SSSR count). The smallest absolute Gasteiger partial charge is 0.363 e. The van der Waals surface area contributed by atoms with Crippen LogP contribution in [0.4, 0.5) is 5.69 Å². The van der Waals surface area contributed by atoms with Gasteiger partial charge in [0.25, 0.3) is 0 Å². The van der Waals surface area contributed by atoms with Crippen LogP contribution in [0.25, 0.3) is 5.82 Å². The van der Waals surface area contributed by atoms with Crippen molar-refractivity contribution in [1.29, 1.82) is 5.26 Å². The Morgan fingerprint density at radius 3 is 2.68 bits per heavy atom. The standard InChI is InChI=1S/C10H5N5O4/c11-3-6-1-2-8(12-4-6)14-5-7(15(18)19)9(13-14)10(16)17/h1-2,4-5H,(H,16,17). The highest BCUT2D eigenvalue weighted by Gasteiger charge is 2.25. The second kappa shape index (κ2) is 4.53. The SMILES string of the molecule is N#Cc1ccc(-n2cc([N+](=O)[O-])c(C(=O)O)n2)nc1. The van der Waals surface area contributed by atoms with Crippen molar-refractivity contribution >= 4 is 11.7 Å². The van der Waals surface area contributed by atoms with Crippen molar-refractivity contribution in [1.82, 2.24) is 14.8 Å². The monoisotopic (exact) mass is 259 g/mol. The normalized spacial score (nSPS) is 9.84. The molecule has 19 heavy (non-hydrogen) atoms. The van der Waals surface area contributed by atoms with E-state index in [9.17, 15) is 14.9 Å². The summed E-state index contributed by atoms with van der Waals surface area (Å²) in [5.74, 6) is -1.33. The summed E-state index contributed by atoms with van der Waals surface area (Å²) in [6, 6.07) is 4.71. The Morgan fingerprint density at radius 1 is 1.53 bits per heavy atom. The Kier molecular flexibility index (Phi) is 2.91. The molecular formula is C10H5N5O4. The minimum absolute atomic E-state index is 0.176. The number of pyridine rings is 1. The van der Waals surface area contributed by atoms with Gasteiger partial charge in [0.1, 0.15) is 12.3 Å². The highest BCUT2D eigenvalue weighted by Crippen LogP contribution is 2.18. The van der Waals surface area contributed by atoms with Crippen molar-refractivity contribution in [2.75, 3.05) is 0 Å². The Morgan fingerprint density at radius 2 is 2.26 bits per heavy atom. The Balaban J connectivity index is 2.51. The van der Waals surface area contributed by atoms with Crippen LogP contribution >= 0.6 is 0 Å². The lowest BCUT2D eigenvalue weighted by molar-refractivity contribution is -0.385. The first-order valence-electron chi connectivity index (χ1n) is 4.87. The average Bonchev–Trinajstić information content (AvgIpc) is 2.84. The lowest BCUT2D eigenvalue weighted by Gasteiger charge is -1.97. The van der Waals surface area contributed by atoms with E-state index in [0.29, 0.717) is 5.56 Å². The molecule has 0 fully saturated rings. The van der Waals surface area contributed by atoms with Gasteiger partial charge in [0, 0.05) is 6.20 Å². The number of nitrogens with zero attached hydrogens (tertiary/aromatic N) is 5. The van der Waals surface area contributed by atoms with Crippen molar-refractivity contribution in [3.8, 4) is 11.9 Å². The zero-order valence-corrected chi connectivity index (χ0v) is 9.22. The van der Waals surface area contributed by atoms with Gasteiger partial charge < -0.3 is 5.11 Å². The molecule has 0 aromatic carbocycles. The van der Waals surface area contributed by atoms with E-state index >= 15 is 0 Å². The highest BCUT2D eigenvalue weighted by molar-refractivity contribution is 5.89. The molecule has 2 heterocycles. The summed E-state index contributed by atoms with van der Waals surface area (Å²) in [5.41, 5.74) is -0.987. The molecule has 0 atom stereocenters. The van der Waals surface area contributed by atoms with Crippen LogP contribution in [0.2, 0.25) is 0 Å². The van der Waals surface area contributed by atoms with Gasteiger partial charge in [-0.2, -0.15) is 10.4 Å². The van der Waals surface area contributed by atoms with E-state index in [4.69, 9.17) is 10.4 Å². The maximum absolute atomic E-state index is 10.8. The van der Waals surface area contributed by atoms with Gasteiger partial charge in [-0.1, -0.05) is 0 Å². The summed E-state index contributed by atoms with van der Waals surface area (Å²) >= 11 is 0. The Hall–Kier alpha value is -3.28. The van der Waals surface area contributed by atoms with Crippen molar-refractivity contribution in [2.24, 2.45) is 0 Å². The van der Waals surface area contributed by atoms with Crippen molar-refractivity contribution in [2.45, 2.75) is 0 Å². The van der Waals surface area contributed by atoms with Gasteiger partial charge >= 0.3 is 11.7 Å². The molecule has 0 aliphatic carbocycles. The fourth-order valence-corrected chi connectivity index (χ4v) is 1.36. The summed E-state index contributed by atoms with van der Waals surface area (Å²) < 4.78 is 0.975. The number of hydrogen-bond acceptors (Lipinski definition) is 6. The molecule has 9 nitrogen and oxygen atoms in total. The third kappa shape index (κ3) is 2.22. The number of aromatic carboxylic acids is 1. The predicted molar refractivity (Wildman–Crippen MR) is 59.7 cm³/mol. The first-order valence-corrected chi connectivity index (χ1v) is 4.87. The molecule has 0 aliphatic rings. The molecule has 2 aromatic heterocycles. The van der Waals surface area contributed by atoms with Crippen molar-refractivity contribution in [3.05, 3.63) is 45.9 Å². The molecule has 9 heteroatoms. The van der Waals surface area contributed by atoms with E-state index in [0.717, 1.165) is 10.9 Å². The zero-order chi connectivity index (χ0) is 14.0. The van der Waals surface area contributed by atoms with Gasteiger partial charge in [-0.3, -0.25) is 10.1 Å². The van der Waals surface area contributed by atoms with Crippen molar-refractivity contribution < 1.29 is 14.8 Å². The molecule has 0 unspecified atom stereocenters. The van der Waals surface area contributed by atoms with Gasteiger partial charge in [0.2, 0.25) is 5.69 Å². The number of nitro groups is 1. The topological polar surface area (TPSA) is 135 Å². The molecule has 0 spiro atoms. The molecule has 0 bridgehead atoms. The first kappa shape index (κ1) is 12.2. The molecule has 1 N–H and O–H groups in total. The largest absolute Gasteiger partial charge is 0.476 e. The maximum Gasteiger partial charge on any atom is 0.363 e. The van der Waals surface area contributed by atoms with Crippen molar-refractivity contribution in [3.63, 3.8) is 0 Å². The summed E-state index contributed by atoms with van der Waals surface area (Å²) in [7, 11) is 0. The number of carbonyl (C=O) groups is 1. The average molecular weight is 259 g/mol. The van der Waals surface area contributed by atoms with Gasteiger partial charge in [-0.15, -0.1) is 0 Å². The number of rotatable bonds is 3. The lowest BCUT2D eigenvalue weighted by atomic mass is 10.3. The van der Waals surface area contributed by atoms with Crippen LogP contribution in [0.15, 0.2) is 24.5 Å². The summed E-state index contributed by atoms with van der Waals surface area (Å²) in [6.45, 7) is 0. The van der Waals surface area contributed by atoms with Crippen LogP contribution in [0.5, 0.6) is 0 Å². The molecule has 0 saturated heterocycles. The molecule has 0 amide bonds. The fraction of sp³-hybridized carbons (Fsp3) is 0. The first-order chi connectivity index (χ1) is 9.02. The molecule has 0 saturated carbocycles. The Labute approximate surface area is 105 Å². The Bertz CT molecular complexity index is 666. The minimum atomic E-state index is -1.50. The molecule has 2 aromatic rings. The van der Waals surface area contributed by atoms with E-state index < -0.39 is 22.3 Å². The molecule has 94 valence electrons. The predicted octanol–water partition coefficient (Wildman–Crippen LogP) is 0.745. The summed E-state index contributed by atoms with van der Waals surface area (Å²) in [5, 5.41) is 31.7. The second-order valence-corrected chi connectivity index (χ2v) is 3.39. The molecular weight excluding hydrogens is 254 g/mol. The van der Waals surface area contributed by atoms with Gasteiger partial charge in [0.15, 0.2) is 5.82 Å². The molecule has 0 aliphatic heterocycles. The minimum Gasteiger partial charge on any atom is -0.476 e. The number of nitriles is 1. The van der Waals surface area contributed by atoms with E-state index in [1.54, 1.807) is 0 Å². The van der Waals surface area contributed by atoms with Crippen LogP contribution in [0.1, 0.15) is 16.1 Å². The van der Waals surface area contributed by atoms with Crippen LogP contribution in [-0.4, -0.2) is 30.8 Å². The van der Waals surface area contributed by atoms with Gasteiger partial charge in [0.05, 0.1) is 10.5 Å². The fourth-order valence-electron chi connectivity index (χ4n) is 1.36. The zero-order valence-electron chi connectivity index (χ0n) is 9.22. The van der Waals surface area contributed by atoms with Crippen LogP contribution in [0.3, 0.4) is 0 Å². The number of carboxylic acid groups (broad SMARTS) is 1. The van der Waals surface area contributed by atoms with E-state index in [-0.39, 0.29) is 5.82 Å².